The molecule has 0 saturated heterocycles. The average Bonchev–Trinajstić information content (AvgIpc) is 2.43. The molecule has 0 aliphatic rings. The molecule has 114 valence electrons. The van der Waals surface area contributed by atoms with Gasteiger partial charge >= 0.3 is 0 Å². The Labute approximate surface area is 122 Å². The Morgan fingerprint density at radius 1 is 0.579 bits per heavy atom. The Balaban J connectivity index is 2.99. The average molecular weight is 268 g/mol. The van der Waals surface area contributed by atoms with Crippen LogP contribution in [0.15, 0.2) is 12.2 Å². The van der Waals surface area contributed by atoms with Crippen molar-refractivity contribution < 1.29 is 0 Å². The van der Waals surface area contributed by atoms with Crippen molar-refractivity contribution in [3.05, 3.63) is 12.2 Å². The van der Waals surface area contributed by atoms with Crippen LogP contribution in [0.4, 0.5) is 0 Å². The van der Waals surface area contributed by atoms with Gasteiger partial charge in [0.15, 0.2) is 0 Å². The van der Waals surface area contributed by atoms with Crippen molar-refractivity contribution in [2.45, 2.75) is 96.8 Å². The Kier molecular flexibility index (Phi) is 17.4. The SMILES string of the molecule is CCCCCC/C=C\CCCCCCCCCCN. The Bertz CT molecular complexity index is 175. The van der Waals surface area contributed by atoms with Crippen LogP contribution in [-0.2, 0) is 0 Å². The molecule has 0 saturated carbocycles. The second kappa shape index (κ2) is 17.7. The number of hydrogen-bond acceptors (Lipinski definition) is 1. The minimum absolute atomic E-state index is 0.866. The van der Waals surface area contributed by atoms with Crippen LogP contribution in [0, 0.1) is 0 Å². The van der Waals surface area contributed by atoms with Gasteiger partial charge in [-0.15, -0.1) is 0 Å². The zero-order chi connectivity index (χ0) is 14.0. The van der Waals surface area contributed by atoms with Crippen LogP contribution in [0.25, 0.3) is 0 Å². The number of nitrogens with two attached hydrogens (primary N) is 1. The molecule has 0 radical (unpaired) electrons. The summed E-state index contributed by atoms with van der Waals surface area (Å²) < 4.78 is 0. The summed E-state index contributed by atoms with van der Waals surface area (Å²) in [6.45, 7) is 3.14. The van der Waals surface area contributed by atoms with Crippen molar-refractivity contribution in [3.63, 3.8) is 0 Å². The standard InChI is InChI=1S/C18H37N/c1-2-3-4-5-6-7-8-9-10-11-12-13-14-15-16-17-18-19/h7-8H,2-6,9-19H2,1H3/b8-7-. The lowest BCUT2D eigenvalue weighted by Crippen LogP contribution is -1.97. The molecule has 0 amide bonds. The summed E-state index contributed by atoms with van der Waals surface area (Å²) >= 11 is 0. The second-order valence-electron chi connectivity index (χ2n) is 5.73. The fourth-order valence-corrected chi connectivity index (χ4v) is 2.39. The van der Waals surface area contributed by atoms with Crippen LogP contribution < -0.4 is 5.73 Å². The predicted molar refractivity (Wildman–Crippen MR) is 88.5 cm³/mol. The van der Waals surface area contributed by atoms with E-state index in [4.69, 9.17) is 5.73 Å². The van der Waals surface area contributed by atoms with Crippen LogP contribution in [0.3, 0.4) is 0 Å². The smallest absolute Gasteiger partial charge is 0.00773 e. The van der Waals surface area contributed by atoms with Crippen LogP contribution in [0.1, 0.15) is 96.8 Å². The number of hydrogen-bond donors (Lipinski definition) is 1. The minimum atomic E-state index is 0.866. The van der Waals surface area contributed by atoms with Crippen LogP contribution in [-0.4, -0.2) is 6.54 Å². The van der Waals surface area contributed by atoms with Gasteiger partial charge in [0.1, 0.15) is 0 Å². The number of rotatable bonds is 15. The highest BCUT2D eigenvalue weighted by atomic mass is 14.5. The van der Waals surface area contributed by atoms with Crippen molar-refractivity contribution in [1.29, 1.82) is 0 Å². The van der Waals surface area contributed by atoms with Gasteiger partial charge in [-0.1, -0.05) is 76.9 Å². The molecule has 1 heteroatoms. The molecule has 0 aliphatic heterocycles. The fraction of sp³-hybridized carbons (Fsp3) is 0.889. The van der Waals surface area contributed by atoms with Gasteiger partial charge in [-0.2, -0.15) is 0 Å². The highest BCUT2D eigenvalue weighted by Gasteiger charge is 1.91. The first kappa shape index (κ1) is 18.7. The summed E-state index contributed by atoms with van der Waals surface area (Å²) in [6.07, 6.45) is 23.9. The maximum Gasteiger partial charge on any atom is -0.00773 e. The maximum atomic E-state index is 5.48. The van der Waals surface area contributed by atoms with Gasteiger partial charge in [-0.25, -0.2) is 0 Å². The van der Waals surface area contributed by atoms with E-state index >= 15 is 0 Å². The lowest BCUT2D eigenvalue weighted by Gasteiger charge is -2.00. The van der Waals surface area contributed by atoms with Crippen LogP contribution in [0.2, 0.25) is 0 Å². The summed E-state index contributed by atoms with van der Waals surface area (Å²) in [5, 5.41) is 0. The number of allylic oxidation sites excluding steroid dienone is 2. The monoisotopic (exact) mass is 267 g/mol. The molecule has 0 bridgehead atoms. The quantitative estimate of drug-likeness (QED) is 0.286. The summed E-state index contributed by atoms with van der Waals surface area (Å²) in [6, 6.07) is 0. The predicted octanol–water partition coefficient (Wildman–Crippen LogP) is 5.98. The molecule has 0 aliphatic carbocycles. The molecule has 0 heterocycles. The van der Waals surface area contributed by atoms with Crippen molar-refractivity contribution >= 4 is 0 Å². The third-order valence-electron chi connectivity index (χ3n) is 3.72. The number of unbranched alkanes of at least 4 members (excludes halogenated alkanes) is 12. The van der Waals surface area contributed by atoms with E-state index in [0.717, 1.165) is 6.54 Å². The van der Waals surface area contributed by atoms with Crippen molar-refractivity contribution in [3.8, 4) is 0 Å². The summed E-state index contributed by atoms with van der Waals surface area (Å²) in [5.41, 5.74) is 5.48. The first-order valence-electron chi connectivity index (χ1n) is 8.77. The zero-order valence-corrected chi connectivity index (χ0v) is 13.3. The Morgan fingerprint density at radius 3 is 1.47 bits per heavy atom. The maximum absolute atomic E-state index is 5.48. The van der Waals surface area contributed by atoms with E-state index in [-0.39, 0.29) is 0 Å². The van der Waals surface area contributed by atoms with E-state index in [2.05, 4.69) is 19.1 Å². The highest BCUT2D eigenvalue weighted by Crippen LogP contribution is 2.10. The molecule has 0 aromatic carbocycles. The first-order chi connectivity index (χ1) is 9.41. The van der Waals surface area contributed by atoms with Gasteiger partial charge in [-0.05, 0) is 38.6 Å². The topological polar surface area (TPSA) is 26.0 Å². The van der Waals surface area contributed by atoms with Gasteiger partial charge in [0.2, 0.25) is 0 Å². The lowest BCUT2D eigenvalue weighted by atomic mass is 10.1. The molecule has 0 rings (SSSR count). The Hall–Kier alpha value is -0.300. The fourth-order valence-electron chi connectivity index (χ4n) is 2.39. The van der Waals surface area contributed by atoms with E-state index in [1.807, 2.05) is 0 Å². The molecular formula is C18H37N. The molecule has 0 unspecified atom stereocenters. The third-order valence-corrected chi connectivity index (χ3v) is 3.72. The van der Waals surface area contributed by atoms with Gasteiger partial charge in [0.25, 0.3) is 0 Å². The van der Waals surface area contributed by atoms with Gasteiger partial charge in [0, 0.05) is 0 Å². The molecule has 19 heavy (non-hydrogen) atoms. The van der Waals surface area contributed by atoms with E-state index in [0.29, 0.717) is 0 Å². The van der Waals surface area contributed by atoms with Gasteiger partial charge in [0.05, 0.1) is 0 Å². The van der Waals surface area contributed by atoms with E-state index in [1.54, 1.807) is 0 Å². The largest absolute Gasteiger partial charge is 0.330 e. The van der Waals surface area contributed by atoms with Crippen molar-refractivity contribution in [2.24, 2.45) is 5.73 Å². The van der Waals surface area contributed by atoms with Gasteiger partial charge in [-0.3, -0.25) is 0 Å². The van der Waals surface area contributed by atoms with Crippen molar-refractivity contribution in [1.82, 2.24) is 0 Å². The van der Waals surface area contributed by atoms with E-state index in [1.165, 1.54) is 89.9 Å². The molecular weight excluding hydrogens is 230 g/mol. The molecule has 0 aromatic heterocycles. The van der Waals surface area contributed by atoms with Crippen molar-refractivity contribution in [2.75, 3.05) is 6.54 Å². The van der Waals surface area contributed by atoms with Gasteiger partial charge < -0.3 is 5.73 Å². The summed E-state index contributed by atoms with van der Waals surface area (Å²) in [4.78, 5) is 0. The molecule has 0 atom stereocenters. The third kappa shape index (κ3) is 17.7. The molecule has 0 fully saturated rings. The Morgan fingerprint density at radius 2 is 1.00 bits per heavy atom. The van der Waals surface area contributed by atoms with Crippen LogP contribution in [0.5, 0.6) is 0 Å². The van der Waals surface area contributed by atoms with E-state index in [9.17, 15) is 0 Å². The second-order valence-corrected chi connectivity index (χ2v) is 5.73. The lowest BCUT2D eigenvalue weighted by molar-refractivity contribution is 0.571. The summed E-state index contributed by atoms with van der Waals surface area (Å²) in [7, 11) is 0. The minimum Gasteiger partial charge on any atom is -0.330 e. The van der Waals surface area contributed by atoms with E-state index < -0.39 is 0 Å². The normalized spacial score (nSPS) is 11.5. The van der Waals surface area contributed by atoms with Crippen LogP contribution >= 0.6 is 0 Å². The molecule has 0 spiro atoms. The molecule has 1 nitrogen and oxygen atoms in total. The zero-order valence-electron chi connectivity index (χ0n) is 13.3. The highest BCUT2D eigenvalue weighted by molar-refractivity contribution is 4.81. The molecule has 2 N–H and O–H groups in total. The molecule has 0 aromatic rings. The summed E-state index contributed by atoms with van der Waals surface area (Å²) in [5.74, 6) is 0. The first-order valence-corrected chi connectivity index (χ1v) is 8.77.